The van der Waals surface area contributed by atoms with E-state index >= 15 is 0 Å². The summed E-state index contributed by atoms with van der Waals surface area (Å²) in [4.78, 5) is 2.55. The van der Waals surface area contributed by atoms with Crippen LogP contribution < -0.4 is 5.73 Å². The molecule has 15 heavy (non-hydrogen) atoms. The van der Waals surface area contributed by atoms with Crippen LogP contribution in [-0.4, -0.2) is 43.8 Å². The van der Waals surface area contributed by atoms with E-state index in [-0.39, 0.29) is 0 Å². The maximum absolute atomic E-state index is 6.32. The lowest BCUT2D eigenvalue weighted by atomic mass is 9.84. The van der Waals surface area contributed by atoms with Crippen molar-refractivity contribution >= 4 is 0 Å². The highest BCUT2D eigenvalue weighted by molar-refractivity contribution is 4.99. The third kappa shape index (κ3) is 1.81. The first-order valence-electron chi connectivity index (χ1n) is 6.40. The van der Waals surface area contributed by atoms with Crippen LogP contribution in [0, 0.1) is 17.8 Å². The van der Waals surface area contributed by atoms with Gasteiger partial charge in [-0.2, -0.15) is 0 Å². The Morgan fingerprint density at radius 3 is 2.53 bits per heavy atom. The Morgan fingerprint density at radius 2 is 1.87 bits per heavy atom. The van der Waals surface area contributed by atoms with Gasteiger partial charge in [0.1, 0.15) is 0 Å². The van der Waals surface area contributed by atoms with Crippen molar-refractivity contribution in [1.82, 2.24) is 4.90 Å². The fraction of sp³-hybridized carbons (Fsp3) is 1.00. The molecule has 1 aliphatic heterocycles. The highest BCUT2D eigenvalue weighted by atomic mass is 16.5. The molecule has 3 nitrogen and oxygen atoms in total. The first-order chi connectivity index (χ1) is 7.34. The summed E-state index contributed by atoms with van der Waals surface area (Å²) in [7, 11) is 0. The van der Waals surface area contributed by atoms with Gasteiger partial charge in [-0.1, -0.05) is 0 Å². The van der Waals surface area contributed by atoms with E-state index in [0.717, 1.165) is 44.1 Å². The standard InChI is InChI=1S/C12H22N2O/c13-12-10-2-1-9(7-10)11(12)8-14-3-5-15-6-4-14/h9-12H,1-8,13H2. The van der Waals surface area contributed by atoms with Crippen molar-refractivity contribution in [1.29, 1.82) is 0 Å². The van der Waals surface area contributed by atoms with E-state index in [9.17, 15) is 0 Å². The third-order valence-corrected chi connectivity index (χ3v) is 4.73. The largest absolute Gasteiger partial charge is 0.379 e. The molecule has 0 aromatic heterocycles. The summed E-state index contributed by atoms with van der Waals surface area (Å²) in [5.41, 5.74) is 6.32. The van der Waals surface area contributed by atoms with Crippen LogP contribution in [0.1, 0.15) is 19.3 Å². The summed E-state index contributed by atoms with van der Waals surface area (Å²) in [6.45, 7) is 5.28. The normalized spacial score (nSPS) is 46.2. The summed E-state index contributed by atoms with van der Waals surface area (Å²) in [5.74, 6) is 2.57. The fourth-order valence-corrected chi connectivity index (χ4v) is 3.81. The maximum Gasteiger partial charge on any atom is 0.0594 e. The molecule has 0 aromatic carbocycles. The maximum atomic E-state index is 6.32. The number of hydrogen-bond acceptors (Lipinski definition) is 3. The molecular formula is C12H22N2O. The lowest BCUT2D eigenvalue weighted by molar-refractivity contribution is 0.0244. The molecule has 0 radical (unpaired) electrons. The lowest BCUT2D eigenvalue weighted by Crippen LogP contribution is -2.46. The van der Waals surface area contributed by atoms with E-state index in [0.29, 0.717) is 6.04 Å². The minimum atomic E-state index is 0.492. The van der Waals surface area contributed by atoms with E-state index in [2.05, 4.69) is 4.90 Å². The summed E-state index contributed by atoms with van der Waals surface area (Å²) in [6, 6.07) is 0.492. The van der Waals surface area contributed by atoms with Crippen molar-refractivity contribution in [2.45, 2.75) is 25.3 Å². The van der Waals surface area contributed by atoms with Crippen molar-refractivity contribution < 1.29 is 4.74 Å². The van der Waals surface area contributed by atoms with Gasteiger partial charge in [-0.15, -0.1) is 0 Å². The molecule has 0 amide bonds. The molecule has 3 rings (SSSR count). The zero-order chi connectivity index (χ0) is 10.3. The van der Waals surface area contributed by atoms with Gasteiger partial charge in [0.15, 0.2) is 0 Å². The lowest BCUT2D eigenvalue weighted by Gasteiger charge is -2.35. The zero-order valence-corrected chi connectivity index (χ0v) is 9.40. The minimum absolute atomic E-state index is 0.492. The Bertz CT molecular complexity index is 226. The van der Waals surface area contributed by atoms with Crippen LogP contribution in [0.3, 0.4) is 0 Å². The van der Waals surface area contributed by atoms with Crippen LogP contribution in [0.2, 0.25) is 0 Å². The molecule has 2 bridgehead atoms. The number of morpholine rings is 1. The molecule has 3 fully saturated rings. The van der Waals surface area contributed by atoms with Crippen LogP contribution in [0.5, 0.6) is 0 Å². The Labute approximate surface area is 91.9 Å². The van der Waals surface area contributed by atoms with Gasteiger partial charge in [0.05, 0.1) is 13.2 Å². The zero-order valence-electron chi connectivity index (χ0n) is 9.40. The quantitative estimate of drug-likeness (QED) is 0.729. The Morgan fingerprint density at radius 1 is 1.13 bits per heavy atom. The van der Waals surface area contributed by atoms with Crippen LogP contribution in [0.4, 0.5) is 0 Å². The second-order valence-corrected chi connectivity index (χ2v) is 5.49. The molecule has 3 heteroatoms. The second kappa shape index (κ2) is 4.04. The number of ether oxygens (including phenoxy) is 1. The minimum Gasteiger partial charge on any atom is -0.379 e. The van der Waals surface area contributed by atoms with Crippen molar-refractivity contribution in [3.05, 3.63) is 0 Å². The van der Waals surface area contributed by atoms with Gasteiger partial charge in [0.25, 0.3) is 0 Å². The first kappa shape index (κ1) is 10.1. The van der Waals surface area contributed by atoms with Crippen molar-refractivity contribution in [2.24, 2.45) is 23.5 Å². The van der Waals surface area contributed by atoms with Crippen LogP contribution in [-0.2, 0) is 4.74 Å². The van der Waals surface area contributed by atoms with E-state index in [1.807, 2.05) is 0 Å². The third-order valence-electron chi connectivity index (χ3n) is 4.73. The molecule has 3 aliphatic rings. The highest BCUT2D eigenvalue weighted by Gasteiger charge is 2.45. The smallest absolute Gasteiger partial charge is 0.0594 e. The fourth-order valence-electron chi connectivity index (χ4n) is 3.81. The average Bonchev–Trinajstić information content (AvgIpc) is 2.84. The first-order valence-corrected chi connectivity index (χ1v) is 6.40. The van der Waals surface area contributed by atoms with Gasteiger partial charge in [-0.25, -0.2) is 0 Å². The monoisotopic (exact) mass is 210 g/mol. The molecule has 0 aromatic rings. The number of hydrogen-bond donors (Lipinski definition) is 1. The molecular weight excluding hydrogens is 188 g/mol. The highest BCUT2D eigenvalue weighted by Crippen LogP contribution is 2.47. The van der Waals surface area contributed by atoms with E-state index < -0.39 is 0 Å². The van der Waals surface area contributed by atoms with Gasteiger partial charge >= 0.3 is 0 Å². The van der Waals surface area contributed by atoms with Crippen molar-refractivity contribution in [2.75, 3.05) is 32.8 Å². The summed E-state index contributed by atoms with van der Waals surface area (Å²) in [6.07, 6.45) is 4.25. The Balaban J connectivity index is 1.58. The summed E-state index contributed by atoms with van der Waals surface area (Å²) >= 11 is 0. The molecule has 86 valence electrons. The van der Waals surface area contributed by atoms with Crippen molar-refractivity contribution in [3.8, 4) is 0 Å². The summed E-state index contributed by atoms with van der Waals surface area (Å²) in [5, 5.41) is 0. The molecule has 1 heterocycles. The number of rotatable bonds is 2. The van der Waals surface area contributed by atoms with Gasteiger partial charge < -0.3 is 10.5 Å². The molecule has 1 saturated heterocycles. The van der Waals surface area contributed by atoms with Gasteiger partial charge in [-0.05, 0) is 37.0 Å². The number of fused-ring (bicyclic) bond motifs is 2. The van der Waals surface area contributed by atoms with E-state index in [4.69, 9.17) is 10.5 Å². The van der Waals surface area contributed by atoms with E-state index in [1.54, 1.807) is 0 Å². The van der Waals surface area contributed by atoms with Gasteiger partial charge in [-0.3, -0.25) is 4.90 Å². The van der Waals surface area contributed by atoms with Crippen LogP contribution in [0.25, 0.3) is 0 Å². The Kier molecular flexibility index (Phi) is 2.71. The van der Waals surface area contributed by atoms with Crippen LogP contribution >= 0.6 is 0 Å². The second-order valence-electron chi connectivity index (χ2n) is 5.49. The van der Waals surface area contributed by atoms with E-state index in [1.165, 1.54) is 25.8 Å². The van der Waals surface area contributed by atoms with Gasteiger partial charge in [0, 0.05) is 25.7 Å². The molecule has 0 spiro atoms. The predicted octanol–water partition coefficient (Wildman–Crippen LogP) is 0.692. The topological polar surface area (TPSA) is 38.5 Å². The molecule has 4 atom stereocenters. The molecule has 2 saturated carbocycles. The molecule has 2 N–H and O–H groups in total. The average molecular weight is 210 g/mol. The SMILES string of the molecule is NC1C2CCC(C2)C1CN1CCOCC1. The Hall–Kier alpha value is -0.120. The number of nitrogens with zero attached hydrogens (tertiary/aromatic N) is 1. The molecule has 4 unspecified atom stereocenters. The van der Waals surface area contributed by atoms with Crippen molar-refractivity contribution in [3.63, 3.8) is 0 Å². The summed E-state index contributed by atoms with van der Waals surface area (Å²) < 4.78 is 5.38. The van der Waals surface area contributed by atoms with Crippen LogP contribution in [0.15, 0.2) is 0 Å². The van der Waals surface area contributed by atoms with Gasteiger partial charge in [0.2, 0.25) is 0 Å². The molecule has 2 aliphatic carbocycles. The number of nitrogens with two attached hydrogens (primary N) is 1. The predicted molar refractivity (Wildman–Crippen MR) is 59.6 cm³/mol.